The summed E-state index contributed by atoms with van der Waals surface area (Å²) in [4.78, 5) is 0.459. The number of benzene rings is 2. The molecular formula is C18H22BrNO3S. The van der Waals surface area contributed by atoms with Crippen LogP contribution in [0.5, 0.6) is 5.75 Å². The summed E-state index contributed by atoms with van der Waals surface area (Å²) >= 11 is 3.34. The lowest BCUT2D eigenvalue weighted by Crippen LogP contribution is -2.09. The van der Waals surface area contributed by atoms with Crippen molar-refractivity contribution < 1.29 is 13.2 Å². The SMILES string of the molecule is CNCCCCCOc1ccc(Br)cc1S(=O)(=O)c1ccccc1. The Labute approximate surface area is 152 Å². The normalized spacial score (nSPS) is 11.4. The molecule has 0 fully saturated rings. The largest absolute Gasteiger partial charge is 0.492 e. The Morgan fingerprint density at radius 2 is 1.79 bits per heavy atom. The molecule has 1 N–H and O–H groups in total. The molecule has 6 heteroatoms. The molecule has 0 bridgehead atoms. The molecule has 24 heavy (non-hydrogen) atoms. The van der Waals surface area contributed by atoms with Crippen LogP contribution in [-0.4, -0.2) is 28.6 Å². The Morgan fingerprint density at radius 3 is 2.50 bits per heavy atom. The van der Waals surface area contributed by atoms with Gasteiger partial charge in [-0.2, -0.15) is 0 Å². The van der Waals surface area contributed by atoms with Crippen LogP contribution in [0.1, 0.15) is 19.3 Å². The van der Waals surface area contributed by atoms with Crippen LogP contribution in [0.25, 0.3) is 0 Å². The van der Waals surface area contributed by atoms with E-state index in [9.17, 15) is 8.42 Å². The number of halogens is 1. The fourth-order valence-corrected chi connectivity index (χ4v) is 4.26. The summed E-state index contributed by atoms with van der Waals surface area (Å²) in [6, 6.07) is 13.5. The second kappa shape index (κ2) is 9.20. The zero-order valence-corrected chi connectivity index (χ0v) is 16.1. The summed E-state index contributed by atoms with van der Waals surface area (Å²) in [6.45, 7) is 1.48. The zero-order valence-electron chi connectivity index (χ0n) is 13.7. The van der Waals surface area contributed by atoms with E-state index in [1.807, 2.05) is 7.05 Å². The Bertz CT molecular complexity index is 748. The number of hydrogen-bond donors (Lipinski definition) is 1. The minimum absolute atomic E-state index is 0.193. The molecule has 4 nitrogen and oxygen atoms in total. The lowest BCUT2D eigenvalue weighted by molar-refractivity contribution is 0.297. The van der Waals surface area contributed by atoms with Gasteiger partial charge in [-0.3, -0.25) is 0 Å². The number of nitrogens with one attached hydrogen (secondary N) is 1. The zero-order chi connectivity index (χ0) is 17.4. The Balaban J connectivity index is 2.16. The van der Waals surface area contributed by atoms with E-state index < -0.39 is 9.84 Å². The molecule has 0 aromatic heterocycles. The van der Waals surface area contributed by atoms with Crippen LogP contribution in [0.4, 0.5) is 0 Å². The molecule has 0 amide bonds. The monoisotopic (exact) mass is 411 g/mol. The van der Waals surface area contributed by atoms with Crippen molar-refractivity contribution >= 4 is 25.8 Å². The maximum Gasteiger partial charge on any atom is 0.210 e. The van der Waals surface area contributed by atoms with Crippen molar-refractivity contribution in [2.24, 2.45) is 0 Å². The highest BCUT2D eigenvalue weighted by molar-refractivity contribution is 9.10. The first kappa shape index (κ1) is 19.0. The second-order valence-electron chi connectivity index (χ2n) is 5.42. The van der Waals surface area contributed by atoms with E-state index in [0.29, 0.717) is 16.8 Å². The van der Waals surface area contributed by atoms with Crippen LogP contribution in [0.15, 0.2) is 62.8 Å². The molecule has 0 spiro atoms. The predicted octanol–water partition coefficient (Wildman–Crippen LogP) is 4.05. The highest BCUT2D eigenvalue weighted by Gasteiger charge is 2.22. The molecule has 0 aliphatic rings. The van der Waals surface area contributed by atoms with E-state index >= 15 is 0 Å². The van der Waals surface area contributed by atoms with Gasteiger partial charge in [0, 0.05) is 4.47 Å². The van der Waals surface area contributed by atoms with Crippen molar-refractivity contribution in [3.63, 3.8) is 0 Å². The molecule has 0 aliphatic heterocycles. The first-order valence-corrected chi connectivity index (χ1v) is 10.2. The van der Waals surface area contributed by atoms with E-state index in [0.717, 1.165) is 25.8 Å². The van der Waals surface area contributed by atoms with E-state index in [2.05, 4.69) is 21.2 Å². The summed E-state index contributed by atoms with van der Waals surface area (Å²) in [5, 5.41) is 3.10. The third-order valence-electron chi connectivity index (χ3n) is 3.58. The maximum atomic E-state index is 12.9. The molecule has 2 aromatic carbocycles. The van der Waals surface area contributed by atoms with Crippen molar-refractivity contribution in [1.29, 1.82) is 0 Å². The van der Waals surface area contributed by atoms with Crippen molar-refractivity contribution in [3.8, 4) is 5.75 Å². The van der Waals surface area contributed by atoms with E-state index in [4.69, 9.17) is 4.74 Å². The predicted molar refractivity (Wildman–Crippen MR) is 99.3 cm³/mol. The number of hydrogen-bond acceptors (Lipinski definition) is 4. The first-order chi connectivity index (χ1) is 11.6. The topological polar surface area (TPSA) is 55.4 Å². The molecule has 2 aromatic rings. The lowest BCUT2D eigenvalue weighted by Gasteiger charge is -2.13. The molecule has 0 saturated carbocycles. The third-order valence-corrected chi connectivity index (χ3v) is 5.86. The van der Waals surface area contributed by atoms with Gasteiger partial charge in [-0.1, -0.05) is 34.1 Å². The molecule has 0 heterocycles. The van der Waals surface area contributed by atoms with Gasteiger partial charge in [0.05, 0.1) is 11.5 Å². The molecule has 0 radical (unpaired) electrons. The smallest absolute Gasteiger partial charge is 0.210 e. The molecule has 0 aliphatic carbocycles. The van der Waals surface area contributed by atoms with E-state index in [1.54, 1.807) is 48.5 Å². The van der Waals surface area contributed by atoms with Crippen molar-refractivity contribution in [2.75, 3.05) is 20.2 Å². The van der Waals surface area contributed by atoms with Crippen LogP contribution in [0, 0.1) is 0 Å². The molecule has 2 rings (SSSR count). The van der Waals surface area contributed by atoms with Gasteiger partial charge < -0.3 is 10.1 Å². The minimum atomic E-state index is -3.61. The average molecular weight is 412 g/mol. The third kappa shape index (κ3) is 5.06. The Kier molecular flexibility index (Phi) is 7.27. The summed E-state index contributed by atoms with van der Waals surface area (Å²) in [5.74, 6) is 0.399. The maximum absolute atomic E-state index is 12.9. The molecule has 0 saturated heterocycles. The van der Waals surface area contributed by atoms with Crippen LogP contribution < -0.4 is 10.1 Å². The van der Waals surface area contributed by atoms with Gasteiger partial charge in [0.2, 0.25) is 9.84 Å². The van der Waals surface area contributed by atoms with Crippen molar-refractivity contribution in [3.05, 3.63) is 53.0 Å². The van der Waals surface area contributed by atoms with Crippen LogP contribution in [-0.2, 0) is 9.84 Å². The van der Waals surface area contributed by atoms with Crippen LogP contribution >= 0.6 is 15.9 Å². The van der Waals surface area contributed by atoms with E-state index in [1.165, 1.54) is 0 Å². The molecule has 0 unspecified atom stereocenters. The fourth-order valence-electron chi connectivity index (χ4n) is 2.30. The number of ether oxygens (including phenoxy) is 1. The lowest BCUT2D eigenvalue weighted by atomic mass is 10.2. The fraction of sp³-hybridized carbons (Fsp3) is 0.333. The average Bonchev–Trinajstić information content (AvgIpc) is 2.59. The quantitative estimate of drug-likeness (QED) is 0.632. The molecular weight excluding hydrogens is 390 g/mol. The molecule has 130 valence electrons. The van der Waals surface area contributed by atoms with E-state index in [-0.39, 0.29) is 9.79 Å². The number of unbranched alkanes of at least 4 members (excludes halogenated alkanes) is 2. The number of rotatable bonds is 9. The summed E-state index contributed by atoms with van der Waals surface area (Å²) in [6.07, 6.45) is 3.01. The minimum Gasteiger partial charge on any atom is -0.492 e. The van der Waals surface area contributed by atoms with Crippen molar-refractivity contribution in [1.82, 2.24) is 5.32 Å². The van der Waals surface area contributed by atoms with Gasteiger partial charge in [0.25, 0.3) is 0 Å². The summed E-state index contributed by atoms with van der Waals surface area (Å²) in [7, 11) is -1.68. The van der Waals surface area contributed by atoms with Gasteiger partial charge in [0.15, 0.2) is 0 Å². The second-order valence-corrected chi connectivity index (χ2v) is 8.25. The highest BCUT2D eigenvalue weighted by Crippen LogP contribution is 2.32. The Hall–Kier alpha value is -1.37. The van der Waals surface area contributed by atoms with Gasteiger partial charge in [-0.15, -0.1) is 0 Å². The molecule has 0 atom stereocenters. The van der Waals surface area contributed by atoms with Crippen LogP contribution in [0.2, 0.25) is 0 Å². The first-order valence-electron chi connectivity index (χ1n) is 7.93. The standard InChI is InChI=1S/C18H22BrNO3S/c1-20-12-6-3-7-13-23-17-11-10-15(19)14-18(17)24(21,22)16-8-4-2-5-9-16/h2,4-5,8-11,14,20H,3,6-7,12-13H2,1H3. The highest BCUT2D eigenvalue weighted by atomic mass is 79.9. The summed E-state index contributed by atoms with van der Waals surface area (Å²) < 4.78 is 32.2. The van der Waals surface area contributed by atoms with Gasteiger partial charge >= 0.3 is 0 Å². The Morgan fingerprint density at radius 1 is 1.04 bits per heavy atom. The van der Waals surface area contributed by atoms with Gasteiger partial charge in [-0.25, -0.2) is 8.42 Å². The van der Waals surface area contributed by atoms with Crippen LogP contribution in [0.3, 0.4) is 0 Å². The van der Waals surface area contributed by atoms with Crippen molar-refractivity contribution in [2.45, 2.75) is 29.1 Å². The van der Waals surface area contributed by atoms with Gasteiger partial charge in [0.1, 0.15) is 10.6 Å². The summed E-state index contributed by atoms with van der Waals surface area (Å²) in [5.41, 5.74) is 0. The number of sulfone groups is 1. The van der Waals surface area contributed by atoms with Gasteiger partial charge in [-0.05, 0) is 63.2 Å².